The number of benzene rings is 1. The third-order valence-electron chi connectivity index (χ3n) is 5.50. The molecule has 33 heavy (non-hydrogen) atoms. The predicted octanol–water partition coefficient (Wildman–Crippen LogP) is 4.94. The monoisotopic (exact) mass is 445 g/mol. The molecule has 3 heterocycles. The third-order valence-corrected chi connectivity index (χ3v) is 5.50. The Balaban J connectivity index is 1.37. The molecule has 8 nitrogen and oxygen atoms in total. The van der Waals surface area contributed by atoms with E-state index < -0.39 is 0 Å². The molecule has 0 aliphatic carbocycles. The summed E-state index contributed by atoms with van der Waals surface area (Å²) in [7, 11) is 1.52. The minimum absolute atomic E-state index is 0.178. The Kier molecular flexibility index (Phi) is 6.83. The number of anilines is 1. The number of carbonyl (C=O) groups is 1. The molecule has 1 saturated heterocycles. The quantitative estimate of drug-likeness (QED) is 0.598. The van der Waals surface area contributed by atoms with E-state index in [4.69, 9.17) is 9.47 Å². The molecule has 4 rings (SSSR count). The van der Waals surface area contributed by atoms with Crippen molar-refractivity contribution in [2.75, 3.05) is 25.5 Å². The normalized spacial score (nSPS) is 17.0. The van der Waals surface area contributed by atoms with Crippen LogP contribution in [0.2, 0.25) is 0 Å². The van der Waals surface area contributed by atoms with Gasteiger partial charge in [0.25, 0.3) is 0 Å². The number of methoxy groups -OCH3 is 1. The summed E-state index contributed by atoms with van der Waals surface area (Å²) >= 11 is 0. The van der Waals surface area contributed by atoms with Crippen LogP contribution in [0, 0.1) is 12.8 Å². The number of nitrogens with one attached hydrogen (secondary N) is 1. The Hall–Kier alpha value is -3.94. The molecule has 0 radical (unpaired) electrons. The molecule has 1 unspecified atom stereocenters. The lowest BCUT2D eigenvalue weighted by Gasteiger charge is -2.33. The van der Waals surface area contributed by atoms with Gasteiger partial charge >= 0.3 is 6.03 Å². The fourth-order valence-electron chi connectivity index (χ4n) is 3.67. The zero-order chi connectivity index (χ0) is 23.2. The Morgan fingerprint density at radius 3 is 2.73 bits per heavy atom. The number of ether oxygens (including phenoxy) is 2. The highest BCUT2D eigenvalue weighted by atomic mass is 16.5. The van der Waals surface area contributed by atoms with Gasteiger partial charge in [-0.3, -0.25) is 10.3 Å². The number of aromatic nitrogens is 3. The first-order valence-corrected chi connectivity index (χ1v) is 10.8. The number of hydrogen-bond acceptors (Lipinski definition) is 6. The first-order valence-electron chi connectivity index (χ1n) is 10.8. The van der Waals surface area contributed by atoms with E-state index in [2.05, 4.69) is 39.6 Å². The van der Waals surface area contributed by atoms with E-state index in [9.17, 15) is 4.79 Å². The second-order valence-corrected chi connectivity index (χ2v) is 8.02. The zero-order valence-electron chi connectivity index (χ0n) is 19.0. The molecule has 2 aromatic heterocycles. The van der Waals surface area contributed by atoms with Crippen LogP contribution in [0.15, 0.2) is 60.3 Å². The van der Waals surface area contributed by atoms with Crippen molar-refractivity contribution in [3.05, 3.63) is 71.6 Å². The van der Waals surface area contributed by atoms with Crippen molar-refractivity contribution >= 4 is 17.9 Å². The molecule has 1 aliphatic heterocycles. The van der Waals surface area contributed by atoms with Crippen molar-refractivity contribution in [1.82, 2.24) is 20.1 Å². The van der Waals surface area contributed by atoms with Crippen molar-refractivity contribution in [3.63, 3.8) is 0 Å². The Morgan fingerprint density at radius 1 is 1.15 bits per heavy atom. The van der Waals surface area contributed by atoms with E-state index in [1.54, 1.807) is 23.2 Å². The standard InChI is InChI=1S/C25H27N5O3/c1-17-16-30(25(31)27-23-9-10-24(32-3)29-28-23)12-11-20(17)13-19-5-4-6-21(14-19)33-22-8-7-18(2)26-15-22/h4-10,13-15,17H,11-12,16H2,1-3H3,(H,27,28,31). The third kappa shape index (κ3) is 5.85. The van der Waals surface area contributed by atoms with E-state index >= 15 is 0 Å². The molecule has 1 aromatic carbocycles. The number of piperidine rings is 1. The smallest absolute Gasteiger partial charge is 0.323 e. The van der Waals surface area contributed by atoms with E-state index in [0.29, 0.717) is 30.5 Å². The second kappa shape index (κ2) is 10.1. The Bertz CT molecular complexity index is 1130. The number of nitrogens with zero attached hydrogens (tertiary/aromatic N) is 4. The summed E-state index contributed by atoms with van der Waals surface area (Å²) in [6.45, 7) is 5.35. The minimum Gasteiger partial charge on any atom is -0.480 e. The lowest BCUT2D eigenvalue weighted by atomic mass is 9.91. The van der Waals surface area contributed by atoms with Crippen molar-refractivity contribution < 1.29 is 14.3 Å². The van der Waals surface area contributed by atoms with Gasteiger partial charge in [0.1, 0.15) is 11.5 Å². The summed E-state index contributed by atoms with van der Waals surface area (Å²) in [4.78, 5) is 18.7. The Morgan fingerprint density at radius 2 is 2.03 bits per heavy atom. The summed E-state index contributed by atoms with van der Waals surface area (Å²) in [5, 5.41) is 10.6. The predicted molar refractivity (Wildman–Crippen MR) is 126 cm³/mol. The van der Waals surface area contributed by atoms with Crippen molar-refractivity contribution in [1.29, 1.82) is 0 Å². The molecule has 1 fully saturated rings. The number of urea groups is 1. The summed E-state index contributed by atoms with van der Waals surface area (Å²) in [5.41, 5.74) is 3.32. The molecule has 8 heteroatoms. The summed E-state index contributed by atoms with van der Waals surface area (Å²) in [5.74, 6) is 2.51. The fourth-order valence-corrected chi connectivity index (χ4v) is 3.67. The van der Waals surface area contributed by atoms with Crippen LogP contribution in [0.4, 0.5) is 10.6 Å². The van der Waals surface area contributed by atoms with Gasteiger partial charge in [0.2, 0.25) is 5.88 Å². The first kappa shape index (κ1) is 22.3. The maximum Gasteiger partial charge on any atom is 0.323 e. The topological polar surface area (TPSA) is 89.5 Å². The maximum atomic E-state index is 12.6. The minimum atomic E-state index is -0.178. The van der Waals surface area contributed by atoms with Gasteiger partial charge in [-0.1, -0.05) is 30.7 Å². The second-order valence-electron chi connectivity index (χ2n) is 8.02. The molecular formula is C25H27N5O3. The number of amides is 2. The van der Waals surface area contributed by atoms with Crippen molar-refractivity contribution in [2.45, 2.75) is 20.3 Å². The average Bonchev–Trinajstić information content (AvgIpc) is 2.82. The molecule has 0 bridgehead atoms. The number of rotatable bonds is 5. The highest BCUT2D eigenvalue weighted by Crippen LogP contribution is 2.28. The van der Waals surface area contributed by atoms with Gasteiger partial charge < -0.3 is 14.4 Å². The molecule has 0 spiro atoms. The molecular weight excluding hydrogens is 418 g/mol. The fraction of sp³-hybridized carbons (Fsp3) is 0.280. The van der Waals surface area contributed by atoms with Crippen LogP contribution < -0.4 is 14.8 Å². The van der Waals surface area contributed by atoms with Crippen LogP contribution in [0.3, 0.4) is 0 Å². The SMILES string of the molecule is COc1ccc(NC(=O)N2CCC(=Cc3cccc(Oc4ccc(C)nc4)c3)C(C)C2)nn1. The summed E-state index contributed by atoms with van der Waals surface area (Å²) in [6, 6.07) is 15.0. The first-order chi connectivity index (χ1) is 16.0. The summed E-state index contributed by atoms with van der Waals surface area (Å²) in [6.07, 6.45) is 4.71. The van der Waals surface area contributed by atoms with Crippen LogP contribution in [0.25, 0.3) is 6.08 Å². The van der Waals surface area contributed by atoms with Crippen LogP contribution >= 0.6 is 0 Å². The molecule has 1 atom stereocenters. The van der Waals surface area contributed by atoms with Crippen molar-refractivity contribution in [3.8, 4) is 17.4 Å². The van der Waals surface area contributed by atoms with Crippen LogP contribution in [-0.2, 0) is 0 Å². The van der Waals surface area contributed by atoms with Gasteiger partial charge in [0, 0.05) is 24.8 Å². The average molecular weight is 446 g/mol. The van der Waals surface area contributed by atoms with E-state index in [0.717, 1.165) is 23.4 Å². The highest BCUT2D eigenvalue weighted by molar-refractivity contribution is 5.88. The summed E-state index contributed by atoms with van der Waals surface area (Å²) < 4.78 is 10.9. The number of carbonyl (C=O) groups excluding carboxylic acids is 1. The van der Waals surface area contributed by atoms with Crippen LogP contribution in [0.1, 0.15) is 24.6 Å². The van der Waals surface area contributed by atoms with Gasteiger partial charge in [-0.15, -0.1) is 10.2 Å². The van der Waals surface area contributed by atoms with E-state index in [1.165, 1.54) is 12.7 Å². The van der Waals surface area contributed by atoms with Crippen LogP contribution in [0.5, 0.6) is 17.4 Å². The van der Waals surface area contributed by atoms with Crippen LogP contribution in [-0.4, -0.2) is 46.3 Å². The number of hydrogen-bond donors (Lipinski definition) is 1. The lowest BCUT2D eigenvalue weighted by Crippen LogP contribution is -2.42. The van der Waals surface area contributed by atoms with E-state index in [-0.39, 0.29) is 11.9 Å². The molecule has 0 saturated carbocycles. The Labute approximate surface area is 193 Å². The van der Waals surface area contributed by atoms with E-state index in [1.807, 2.05) is 37.3 Å². The molecule has 1 aliphatic rings. The maximum absolute atomic E-state index is 12.6. The molecule has 170 valence electrons. The van der Waals surface area contributed by atoms with Gasteiger partial charge in [-0.25, -0.2) is 4.79 Å². The van der Waals surface area contributed by atoms with Crippen molar-refractivity contribution in [2.24, 2.45) is 5.92 Å². The highest BCUT2D eigenvalue weighted by Gasteiger charge is 2.24. The largest absolute Gasteiger partial charge is 0.480 e. The molecule has 3 aromatic rings. The van der Waals surface area contributed by atoms with Gasteiger partial charge in [0.15, 0.2) is 5.82 Å². The number of pyridine rings is 1. The molecule has 2 amide bonds. The van der Waals surface area contributed by atoms with Gasteiger partial charge in [-0.05, 0) is 55.2 Å². The lowest BCUT2D eigenvalue weighted by molar-refractivity contribution is 0.197. The van der Waals surface area contributed by atoms with Gasteiger partial charge in [0.05, 0.1) is 13.3 Å². The number of likely N-dealkylation sites (tertiary alicyclic amines) is 1. The zero-order valence-corrected chi connectivity index (χ0v) is 19.0. The number of aryl methyl sites for hydroxylation is 1. The van der Waals surface area contributed by atoms with Gasteiger partial charge in [-0.2, -0.15) is 0 Å². The molecule has 1 N–H and O–H groups in total.